The predicted molar refractivity (Wildman–Crippen MR) is 103 cm³/mol. The summed E-state index contributed by atoms with van der Waals surface area (Å²) in [5.74, 6) is 0. The lowest BCUT2D eigenvalue weighted by Gasteiger charge is -2.36. The third-order valence-electron chi connectivity index (χ3n) is 4.91. The third-order valence-corrected chi connectivity index (χ3v) is 5.21. The average Bonchev–Trinajstić information content (AvgIpc) is 3.11. The molecule has 0 unspecified atom stereocenters. The first-order valence-electron chi connectivity index (χ1n) is 8.77. The van der Waals surface area contributed by atoms with Gasteiger partial charge in [0.05, 0.1) is 22.6 Å². The Labute approximate surface area is 157 Å². The number of nitrogens with zero attached hydrogens (tertiary/aromatic N) is 5. The molecule has 0 saturated carbocycles. The number of likely N-dealkylation sites (N-methyl/N-ethyl adjacent to an activating group) is 1. The number of imidazole rings is 1. The maximum atomic E-state index is 11.0. The molecule has 0 spiro atoms. The third kappa shape index (κ3) is 3.06. The highest BCUT2D eigenvalue weighted by Gasteiger charge is 2.18. The first-order valence-corrected chi connectivity index (χ1v) is 9.14. The van der Waals surface area contributed by atoms with Crippen molar-refractivity contribution in [1.29, 1.82) is 0 Å². The molecule has 0 radical (unpaired) electrons. The Hall–Kier alpha value is -2.44. The van der Waals surface area contributed by atoms with Crippen molar-refractivity contribution in [3.05, 3.63) is 47.2 Å². The lowest BCUT2D eigenvalue weighted by Crippen LogP contribution is -2.46. The molecule has 3 aromatic rings. The van der Waals surface area contributed by atoms with E-state index in [1.165, 1.54) is 0 Å². The Kier molecular flexibility index (Phi) is 4.61. The molecule has 3 heterocycles. The van der Waals surface area contributed by atoms with Gasteiger partial charge >= 0.3 is 0 Å². The molecule has 2 aromatic heterocycles. The number of fused-ring (bicyclic) bond motifs is 1. The van der Waals surface area contributed by atoms with E-state index in [4.69, 9.17) is 11.6 Å². The summed E-state index contributed by atoms with van der Waals surface area (Å²) in [5, 5.41) is 5.03. The molecule has 1 aliphatic rings. The van der Waals surface area contributed by atoms with Crippen LogP contribution in [0, 0.1) is 0 Å². The first-order chi connectivity index (χ1) is 12.7. The molecule has 0 bridgehead atoms. The van der Waals surface area contributed by atoms with Crippen LogP contribution in [0.15, 0.2) is 36.5 Å². The number of carbonyl (C=O) groups is 1. The van der Waals surface area contributed by atoms with E-state index in [0.29, 0.717) is 16.4 Å². The van der Waals surface area contributed by atoms with Crippen LogP contribution in [0.1, 0.15) is 17.4 Å². The Bertz CT molecular complexity index is 946. The van der Waals surface area contributed by atoms with Crippen molar-refractivity contribution >= 4 is 29.2 Å². The number of anilines is 1. The van der Waals surface area contributed by atoms with Crippen molar-refractivity contribution in [3.8, 4) is 11.3 Å². The minimum atomic E-state index is 0.369. The molecule has 26 heavy (non-hydrogen) atoms. The van der Waals surface area contributed by atoms with Crippen molar-refractivity contribution < 1.29 is 4.79 Å². The van der Waals surface area contributed by atoms with Crippen molar-refractivity contribution in [1.82, 2.24) is 19.5 Å². The van der Waals surface area contributed by atoms with Gasteiger partial charge in [0, 0.05) is 31.7 Å². The monoisotopic (exact) mass is 369 g/mol. The van der Waals surface area contributed by atoms with Crippen molar-refractivity contribution in [2.75, 3.05) is 37.6 Å². The maximum absolute atomic E-state index is 11.0. The Morgan fingerprint density at radius 1 is 1.15 bits per heavy atom. The number of rotatable bonds is 4. The van der Waals surface area contributed by atoms with E-state index in [0.717, 1.165) is 56.0 Å². The van der Waals surface area contributed by atoms with E-state index in [-0.39, 0.29) is 0 Å². The van der Waals surface area contributed by atoms with E-state index < -0.39 is 0 Å². The number of hydrogen-bond acceptors (Lipinski definition) is 5. The second kappa shape index (κ2) is 7.05. The van der Waals surface area contributed by atoms with Gasteiger partial charge in [-0.15, -0.1) is 0 Å². The summed E-state index contributed by atoms with van der Waals surface area (Å²) in [6.45, 7) is 7.35. The molecule has 0 N–H and O–H groups in total. The van der Waals surface area contributed by atoms with Gasteiger partial charge in [0.1, 0.15) is 5.69 Å². The fourth-order valence-corrected chi connectivity index (χ4v) is 3.67. The molecular formula is C19H20ClN5O. The van der Waals surface area contributed by atoms with Crippen molar-refractivity contribution in [2.45, 2.75) is 6.92 Å². The number of benzene rings is 1. The molecule has 134 valence electrons. The molecule has 0 aliphatic carbocycles. The number of aldehydes is 1. The summed E-state index contributed by atoms with van der Waals surface area (Å²) in [6, 6.07) is 9.48. The Balaban J connectivity index is 1.65. The van der Waals surface area contributed by atoms with Gasteiger partial charge in [-0.2, -0.15) is 5.10 Å². The van der Waals surface area contributed by atoms with Crippen LogP contribution in [0.5, 0.6) is 0 Å². The maximum Gasteiger partial charge on any atom is 0.170 e. The smallest absolute Gasteiger partial charge is 0.170 e. The number of hydrogen-bond donors (Lipinski definition) is 0. The fourth-order valence-electron chi connectivity index (χ4n) is 3.37. The zero-order valence-corrected chi connectivity index (χ0v) is 15.4. The van der Waals surface area contributed by atoms with E-state index in [1.807, 2.05) is 12.1 Å². The van der Waals surface area contributed by atoms with E-state index in [9.17, 15) is 4.79 Å². The zero-order valence-electron chi connectivity index (χ0n) is 14.6. The Morgan fingerprint density at radius 2 is 1.96 bits per heavy atom. The summed E-state index contributed by atoms with van der Waals surface area (Å²) in [6.07, 6.45) is 2.48. The van der Waals surface area contributed by atoms with Crippen LogP contribution >= 0.6 is 11.6 Å². The molecule has 4 rings (SSSR count). The van der Waals surface area contributed by atoms with Crippen LogP contribution in [-0.4, -0.2) is 58.5 Å². The van der Waals surface area contributed by atoms with Gasteiger partial charge in [0.15, 0.2) is 11.9 Å². The van der Waals surface area contributed by atoms with Crippen LogP contribution < -0.4 is 4.90 Å². The SMILES string of the molecule is CCN1CCN(c2ccc(-c3cnc4ccc(C=O)nn34)cc2Cl)CC1. The van der Waals surface area contributed by atoms with Gasteiger partial charge in [-0.3, -0.25) is 4.79 Å². The van der Waals surface area contributed by atoms with Gasteiger partial charge in [-0.1, -0.05) is 24.6 Å². The molecule has 1 saturated heterocycles. The van der Waals surface area contributed by atoms with Crippen LogP contribution in [0.4, 0.5) is 5.69 Å². The van der Waals surface area contributed by atoms with Gasteiger partial charge < -0.3 is 9.80 Å². The zero-order chi connectivity index (χ0) is 18.1. The second-order valence-electron chi connectivity index (χ2n) is 6.38. The van der Waals surface area contributed by atoms with Crippen LogP contribution in [0.2, 0.25) is 5.02 Å². The molecule has 1 aliphatic heterocycles. The average molecular weight is 370 g/mol. The molecule has 1 aromatic carbocycles. The minimum Gasteiger partial charge on any atom is -0.368 e. The molecule has 0 amide bonds. The molecule has 7 heteroatoms. The number of aromatic nitrogens is 3. The number of piperazine rings is 1. The Morgan fingerprint density at radius 3 is 2.65 bits per heavy atom. The predicted octanol–water partition coefficient (Wildman–Crippen LogP) is 3.00. The van der Waals surface area contributed by atoms with Gasteiger partial charge in [-0.05, 0) is 30.8 Å². The van der Waals surface area contributed by atoms with Crippen molar-refractivity contribution in [2.24, 2.45) is 0 Å². The molecule has 0 atom stereocenters. The highest BCUT2D eigenvalue weighted by molar-refractivity contribution is 6.33. The van der Waals surface area contributed by atoms with Crippen LogP contribution in [0.25, 0.3) is 16.9 Å². The summed E-state index contributed by atoms with van der Waals surface area (Å²) in [4.78, 5) is 20.1. The molecule has 1 fully saturated rings. The largest absolute Gasteiger partial charge is 0.368 e. The molecular weight excluding hydrogens is 350 g/mol. The second-order valence-corrected chi connectivity index (χ2v) is 6.78. The lowest BCUT2D eigenvalue weighted by molar-refractivity contribution is 0.111. The van der Waals surface area contributed by atoms with Gasteiger partial charge in [0.2, 0.25) is 0 Å². The summed E-state index contributed by atoms with van der Waals surface area (Å²) >= 11 is 6.60. The van der Waals surface area contributed by atoms with Gasteiger partial charge in [-0.25, -0.2) is 9.50 Å². The van der Waals surface area contributed by atoms with E-state index in [1.54, 1.807) is 22.8 Å². The lowest BCUT2D eigenvalue weighted by atomic mass is 10.1. The highest BCUT2D eigenvalue weighted by Crippen LogP contribution is 2.32. The fraction of sp³-hybridized carbons (Fsp3) is 0.316. The first kappa shape index (κ1) is 17.0. The van der Waals surface area contributed by atoms with Crippen molar-refractivity contribution in [3.63, 3.8) is 0 Å². The quantitative estimate of drug-likeness (QED) is 0.662. The number of carbonyl (C=O) groups excluding carboxylic acids is 1. The summed E-state index contributed by atoms with van der Waals surface area (Å²) < 4.78 is 1.68. The normalized spacial score (nSPS) is 15.5. The van der Waals surface area contributed by atoms with E-state index in [2.05, 4.69) is 32.9 Å². The topological polar surface area (TPSA) is 53.7 Å². The highest BCUT2D eigenvalue weighted by atomic mass is 35.5. The summed E-state index contributed by atoms with van der Waals surface area (Å²) in [7, 11) is 0. The standard InChI is InChI=1S/C19H20ClN5O/c1-2-23-7-9-24(10-8-23)17-5-3-14(11-16(17)20)18-12-21-19-6-4-15(13-26)22-25(18)19/h3-6,11-13H,2,7-10H2,1H3. The molecule has 6 nitrogen and oxygen atoms in total. The van der Waals surface area contributed by atoms with Gasteiger partial charge in [0.25, 0.3) is 0 Å². The number of halogens is 1. The van der Waals surface area contributed by atoms with E-state index >= 15 is 0 Å². The minimum absolute atomic E-state index is 0.369. The van der Waals surface area contributed by atoms with Crippen LogP contribution in [-0.2, 0) is 0 Å². The van der Waals surface area contributed by atoms with Crippen LogP contribution in [0.3, 0.4) is 0 Å². The summed E-state index contributed by atoms with van der Waals surface area (Å²) in [5.41, 5.74) is 3.86.